The Hall–Kier alpha value is -2.51. The van der Waals surface area contributed by atoms with Gasteiger partial charge >= 0.3 is 0 Å². The topological polar surface area (TPSA) is 69.0 Å². The van der Waals surface area contributed by atoms with Crippen LogP contribution in [0.1, 0.15) is 12.8 Å². The smallest absolute Gasteiger partial charge is 0.224 e. The van der Waals surface area contributed by atoms with Gasteiger partial charge in [-0.3, -0.25) is 9.48 Å². The largest absolute Gasteiger partial charge is 0.491 e. The van der Waals surface area contributed by atoms with Crippen LogP contribution in [0.3, 0.4) is 0 Å². The minimum atomic E-state index is -0.865. The fourth-order valence-corrected chi connectivity index (χ4v) is 1.80. The van der Waals surface area contributed by atoms with Crippen LogP contribution >= 0.6 is 0 Å². The lowest BCUT2D eigenvalue weighted by Crippen LogP contribution is -2.13. The molecule has 0 aliphatic rings. The van der Waals surface area contributed by atoms with E-state index in [0.717, 1.165) is 12.1 Å². The van der Waals surface area contributed by atoms with Gasteiger partial charge < -0.3 is 10.1 Å². The SMILES string of the molecule is COc1c(F)cc(NC(=O)CCCn2cncn2)cc1F. The molecule has 1 aromatic heterocycles. The predicted octanol–water partition coefficient (Wildman–Crippen LogP) is 1.98. The molecular formula is C13H14F2N4O2. The van der Waals surface area contributed by atoms with Gasteiger partial charge in [0.25, 0.3) is 0 Å². The Bertz CT molecular complexity index is 594. The molecule has 0 aliphatic carbocycles. The average molecular weight is 296 g/mol. The molecule has 6 nitrogen and oxygen atoms in total. The molecule has 0 fully saturated rings. The van der Waals surface area contributed by atoms with Crippen LogP contribution in [-0.2, 0) is 11.3 Å². The summed E-state index contributed by atoms with van der Waals surface area (Å²) < 4.78 is 33.1. The number of carbonyl (C=O) groups excluding carboxylic acids is 1. The summed E-state index contributed by atoms with van der Waals surface area (Å²) in [5, 5.41) is 6.34. The van der Waals surface area contributed by atoms with E-state index in [-0.39, 0.29) is 18.0 Å². The number of aromatic nitrogens is 3. The first-order chi connectivity index (χ1) is 10.1. The Kier molecular flexibility index (Phi) is 4.81. The lowest BCUT2D eigenvalue weighted by Gasteiger charge is -2.08. The predicted molar refractivity (Wildman–Crippen MR) is 70.8 cm³/mol. The standard InChI is InChI=1S/C13H14F2N4O2/c1-21-13-10(14)5-9(6-11(13)15)18-12(20)3-2-4-19-8-16-7-17-19/h5-8H,2-4H2,1H3,(H,18,20). The molecule has 0 bridgehead atoms. The third-order valence-corrected chi connectivity index (χ3v) is 2.74. The molecule has 0 aliphatic heterocycles. The Balaban J connectivity index is 1.87. The quantitative estimate of drug-likeness (QED) is 0.885. The maximum atomic E-state index is 13.5. The van der Waals surface area contributed by atoms with Gasteiger partial charge in [0, 0.05) is 30.8 Å². The highest BCUT2D eigenvalue weighted by Crippen LogP contribution is 2.25. The third kappa shape index (κ3) is 3.98. The van der Waals surface area contributed by atoms with E-state index in [1.807, 2.05) is 0 Å². The third-order valence-electron chi connectivity index (χ3n) is 2.74. The number of hydrogen-bond donors (Lipinski definition) is 1. The lowest BCUT2D eigenvalue weighted by atomic mass is 10.2. The number of ether oxygens (including phenoxy) is 1. The first-order valence-corrected chi connectivity index (χ1v) is 6.25. The molecule has 2 rings (SSSR count). The summed E-state index contributed by atoms with van der Waals surface area (Å²) in [7, 11) is 1.17. The van der Waals surface area contributed by atoms with Crippen molar-refractivity contribution in [1.29, 1.82) is 0 Å². The summed E-state index contributed by atoms with van der Waals surface area (Å²) in [4.78, 5) is 15.5. The van der Waals surface area contributed by atoms with E-state index in [4.69, 9.17) is 0 Å². The van der Waals surface area contributed by atoms with Crippen LogP contribution in [0.4, 0.5) is 14.5 Å². The highest BCUT2D eigenvalue weighted by Gasteiger charge is 2.12. The molecule has 0 saturated heterocycles. The van der Waals surface area contributed by atoms with Crippen molar-refractivity contribution < 1.29 is 18.3 Å². The minimum absolute atomic E-state index is 0.0524. The molecule has 1 heterocycles. The van der Waals surface area contributed by atoms with Crippen molar-refractivity contribution in [1.82, 2.24) is 14.8 Å². The second kappa shape index (κ2) is 6.78. The van der Waals surface area contributed by atoms with E-state index in [0.29, 0.717) is 13.0 Å². The number of nitrogens with one attached hydrogen (secondary N) is 1. The number of methoxy groups -OCH3 is 1. The van der Waals surface area contributed by atoms with Gasteiger partial charge in [-0.25, -0.2) is 13.8 Å². The summed E-state index contributed by atoms with van der Waals surface area (Å²) in [6.45, 7) is 0.540. The number of rotatable bonds is 6. The fraction of sp³-hybridized carbons (Fsp3) is 0.308. The van der Waals surface area contributed by atoms with Crippen LogP contribution in [0.15, 0.2) is 24.8 Å². The Labute approximate surface area is 119 Å². The van der Waals surface area contributed by atoms with Gasteiger partial charge in [-0.1, -0.05) is 0 Å². The molecular weight excluding hydrogens is 282 g/mol. The summed E-state index contributed by atoms with van der Waals surface area (Å²) in [6.07, 6.45) is 3.69. The van der Waals surface area contributed by atoms with Gasteiger partial charge in [0.15, 0.2) is 17.4 Å². The van der Waals surface area contributed by atoms with E-state index in [1.54, 1.807) is 11.0 Å². The summed E-state index contributed by atoms with van der Waals surface area (Å²) >= 11 is 0. The van der Waals surface area contributed by atoms with Crippen LogP contribution in [0.2, 0.25) is 0 Å². The van der Waals surface area contributed by atoms with E-state index < -0.39 is 17.4 Å². The second-order valence-electron chi connectivity index (χ2n) is 4.28. The van der Waals surface area contributed by atoms with Crippen molar-refractivity contribution in [2.24, 2.45) is 0 Å². The fourth-order valence-electron chi connectivity index (χ4n) is 1.80. The van der Waals surface area contributed by atoms with Gasteiger partial charge in [0.05, 0.1) is 7.11 Å². The number of carbonyl (C=O) groups is 1. The number of hydrogen-bond acceptors (Lipinski definition) is 4. The molecule has 1 N–H and O–H groups in total. The molecule has 2 aromatic rings. The first kappa shape index (κ1) is 14.9. The van der Waals surface area contributed by atoms with Crippen molar-refractivity contribution in [2.75, 3.05) is 12.4 Å². The van der Waals surface area contributed by atoms with Crippen LogP contribution in [0.5, 0.6) is 5.75 Å². The molecule has 0 atom stereocenters. The Morgan fingerprint density at radius 1 is 1.38 bits per heavy atom. The van der Waals surface area contributed by atoms with Crippen LogP contribution in [0.25, 0.3) is 0 Å². The minimum Gasteiger partial charge on any atom is -0.491 e. The van der Waals surface area contributed by atoms with Crippen molar-refractivity contribution in [3.05, 3.63) is 36.4 Å². The maximum Gasteiger partial charge on any atom is 0.224 e. The molecule has 112 valence electrons. The maximum absolute atomic E-state index is 13.5. The Morgan fingerprint density at radius 2 is 2.10 bits per heavy atom. The molecule has 0 spiro atoms. The summed E-state index contributed by atoms with van der Waals surface area (Å²) in [5.41, 5.74) is 0.0524. The molecule has 21 heavy (non-hydrogen) atoms. The first-order valence-electron chi connectivity index (χ1n) is 6.25. The zero-order valence-electron chi connectivity index (χ0n) is 11.3. The van der Waals surface area contributed by atoms with Gasteiger partial charge in [-0.15, -0.1) is 0 Å². The zero-order chi connectivity index (χ0) is 15.2. The van der Waals surface area contributed by atoms with Gasteiger partial charge in [-0.05, 0) is 6.42 Å². The van der Waals surface area contributed by atoms with E-state index in [9.17, 15) is 13.6 Å². The molecule has 0 saturated carbocycles. The van der Waals surface area contributed by atoms with E-state index in [1.165, 1.54) is 13.4 Å². The summed E-state index contributed by atoms with van der Waals surface area (Å²) in [6, 6.07) is 2.02. The van der Waals surface area contributed by atoms with Gasteiger partial charge in [0.2, 0.25) is 5.91 Å². The van der Waals surface area contributed by atoms with Crippen LogP contribution in [0, 0.1) is 11.6 Å². The van der Waals surface area contributed by atoms with Crippen molar-refractivity contribution in [2.45, 2.75) is 19.4 Å². The molecule has 8 heteroatoms. The molecule has 0 radical (unpaired) electrons. The number of benzene rings is 1. The normalized spacial score (nSPS) is 10.4. The lowest BCUT2D eigenvalue weighted by molar-refractivity contribution is -0.116. The number of amides is 1. The molecule has 0 unspecified atom stereocenters. The number of halogens is 2. The van der Waals surface area contributed by atoms with Crippen molar-refractivity contribution >= 4 is 11.6 Å². The molecule has 1 amide bonds. The van der Waals surface area contributed by atoms with Crippen LogP contribution in [-0.4, -0.2) is 27.8 Å². The van der Waals surface area contributed by atoms with Gasteiger partial charge in [-0.2, -0.15) is 5.10 Å². The van der Waals surface area contributed by atoms with Crippen molar-refractivity contribution in [3.8, 4) is 5.75 Å². The number of nitrogens with zero attached hydrogens (tertiary/aromatic N) is 3. The monoisotopic (exact) mass is 296 g/mol. The van der Waals surface area contributed by atoms with E-state index >= 15 is 0 Å². The highest BCUT2D eigenvalue weighted by atomic mass is 19.1. The summed E-state index contributed by atoms with van der Waals surface area (Å²) in [5.74, 6) is -2.54. The zero-order valence-corrected chi connectivity index (χ0v) is 11.3. The number of anilines is 1. The number of aryl methyl sites for hydroxylation is 1. The van der Waals surface area contributed by atoms with Crippen molar-refractivity contribution in [3.63, 3.8) is 0 Å². The molecule has 1 aromatic carbocycles. The van der Waals surface area contributed by atoms with Gasteiger partial charge in [0.1, 0.15) is 12.7 Å². The van der Waals surface area contributed by atoms with E-state index in [2.05, 4.69) is 20.1 Å². The Morgan fingerprint density at radius 3 is 2.67 bits per heavy atom. The second-order valence-corrected chi connectivity index (χ2v) is 4.28. The van der Waals surface area contributed by atoms with Crippen LogP contribution < -0.4 is 10.1 Å². The highest BCUT2D eigenvalue weighted by molar-refractivity contribution is 5.90. The average Bonchev–Trinajstić information content (AvgIpc) is 2.91.